The molecular formula is C13H14F2N4O. The Balaban J connectivity index is 2.47. The molecule has 0 atom stereocenters. The molecule has 0 aliphatic rings. The number of nitrogens with two attached hydrogens (primary N) is 1. The van der Waals surface area contributed by atoms with Gasteiger partial charge in [0.05, 0.1) is 12.2 Å². The first-order chi connectivity index (χ1) is 9.52. The van der Waals surface area contributed by atoms with E-state index in [1.807, 2.05) is 6.92 Å². The molecule has 0 aliphatic carbocycles. The molecule has 2 rings (SSSR count). The minimum atomic E-state index is -1.02. The lowest BCUT2D eigenvalue weighted by Crippen LogP contribution is -2.07. The van der Waals surface area contributed by atoms with Crippen LogP contribution in [0.4, 0.5) is 14.7 Å². The summed E-state index contributed by atoms with van der Waals surface area (Å²) in [4.78, 5) is 11.5. The molecule has 0 saturated heterocycles. The van der Waals surface area contributed by atoms with E-state index in [-0.39, 0.29) is 28.9 Å². The van der Waals surface area contributed by atoms with E-state index in [1.165, 1.54) is 19.1 Å². The van der Waals surface area contributed by atoms with Gasteiger partial charge in [0, 0.05) is 0 Å². The summed E-state index contributed by atoms with van der Waals surface area (Å²) < 4.78 is 32.7. The second kappa shape index (κ2) is 5.77. The molecule has 5 nitrogen and oxygen atoms in total. The molecular weight excluding hydrogens is 266 g/mol. The fourth-order valence-electron chi connectivity index (χ4n) is 1.57. The van der Waals surface area contributed by atoms with Gasteiger partial charge >= 0.3 is 6.01 Å². The van der Waals surface area contributed by atoms with E-state index in [0.717, 1.165) is 6.42 Å². The molecule has 0 amide bonds. The molecule has 2 aromatic rings. The van der Waals surface area contributed by atoms with Crippen molar-refractivity contribution in [2.75, 3.05) is 12.3 Å². The highest BCUT2D eigenvalue weighted by Crippen LogP contribution is 2.24. The molecule has 20 heavy (non-hydrogen) atoms. The zero-order chi connectivity index (χ0) is 14.7. The van der Waals surface area contributed by atoms with E-state index in [9.17, 15) is 8.78 Å². The van der Waals surface area contributed by atoms with Gasteiger partial charge in [0.1, 0.15) is 0 Å². The quantitative estimate of drug-likeness (QED) is 0.931. The van der Waals surface area contributed by atoms with Gasteiger partial charge in [0.25, 0.3) is 0 Å². The van der Waals surface area contributed by atoms with Crippen molar-refractivity contribution >= 4 is 5.95 Å². The number of rotatable bonds is 4. The molecule has 1 aromatic carbocycles. The summed E-state index contributed by atoms with van der Waals surface area (Å²) in [6, 6.07) is 2.83. The van der Waals surface area contributed by atoms with Crippen molar-refractivity contribution in [3.63, 3.8) is 0 Å². The fraction of sp³-hybridized carbons (Fsp3) is 0.308. The standard InChI is InChI=1S/C13H14F2N4O/c1-3-6-20-13-18-11(17-12(16)19-13)8-5-4-7(2)9(14)10(8)15/h4-5H,3,6H2,1-2H3,(H2,16,17,18,19). The van der Waals surface area contributed by atoms with Crippen molar-refractivity contribution in [3.05, 3.63) is 29.3 Å². The van der Waals surface area contributed by atoms with E-state index in [4.69, 9.17) is 10.5 Å². The normalized spacial score (nSPS) is 10.6. The number of anilines is 1. The van der Waals surface area contributed by atoms with Crippen LogP contribution in [-0.4, -0.2) is 21.6 Å². The SMILES string of the molecule is CCCOc1nc(N)nc(-c2ccc(C)c(F)c2F)n1. The molecule has 0 unspecified atom stereocenters. The zero-order valence-electron chi connectivity index (χ0n) is 11.2. The maximum absolute atomic E-state index is 13.9. The van der Waals surface area contributed by atoms with Crippen LogP contribution in [-0.2, 0) is 0 Å². The van der Waals surface area contributed by atoms with E-state index in [1.54, 1.807) is 0 Å². The average Bonchev–Trinajstić information content (AvgIpc) is 2.42. The van der Waals surface area contributed by atoms with Crippen LogP contribution < -0.4 is 10.5 Å². The molecule has 0 bridgehead atoms. The van der Waals surface area contributed by atoms with E-state index in [0.29, 0.717) is 6.61 Å². The third-order valence-electron chi connectivity index (χ3n) is 2.58. The highest BCUT2D eigenvalue weighted by atomic mass is 19.2. The Labute approximate surface area is 114 Å². The lowest BCUT2D eigenvalue weighted by molar-refractivity contribution is 0.292. The molecule has 1 aromatic heterocycles. The first-order valence-electron chi connectivity index (χ1n) is 6.12. The van der Waals surface area contributed by atoms with Crippen molar-refractivity contribution in [3.8, 4) is 17.4 Å². The minimum absolute atomic E-state index is 0.00488. The van der Waals surface area contributed by atoms with Crippen molar-refractivity contribution in [2.24, 2.45) is 0 Å². The van der Waals surface area contributed by atoms with Crippen LogP contribution >= 0.6 is 0 Å². The Hall–Kier alpha value is -2.31. The summed E-state index contributed by atoms with van der Waals surface area (Å²) in [5.74, 6) is -2.11. The molecule has 0 radical (unpaired) electrons. The smallest absolute Gasteiger partial charge is 0.321 e. The van der Waals surface area contributed by atoms with Crippen LogP contribution in [0.25, 0.3) is 11.4 Å². The average molecular weight is 280 g/mol. The Bertz CT molecular complexity index is 634. The highest BCUT2D eigenvalue weighted by molar-refractivity contribution is 5.58. The van der Waals surface area contributed by atoms with Gasteiger partial charge in [-0.25, -0.2) is 8.78 Å². The van der Waals surface area contributed by atoms with Crippen molar-refractivity contribution in [2.45, 2.75) is 20.3 Å². The van der Waals surface area contributed by atoms with E-state index < -0.39 is 11.6 Å². The summed E-state index contributed by atoms with van der Waals surface area (Å²) in [6.07, 6.45) is 0.758. The molecule has 0 saturated carbocycles. The molecule has 0 spiro atoms. The van der Waals surface area contributed by atoms with Crippen LogP contribution in [0.15, 0.2) is 12.1 Å². The number of nitrogens with zero attached hydrogens (tertiary/aromatic N) is 3. The molecule has 2 N–H and O–H groups in total. The van der Waals surface area contributed by atoms with Gasteiger partial charge in [-0.1, -0.05) is 13.0 Å². The maximum atomic E-state index is 13.9. The summed E-state index contributed by atoms with van der Waals surface area (Å²) >= 11 is 0. The summed E-state index contributed by atoms with van der Waals surface area (Å²) in [7, 11) is 0. The van der Waals surface area contributed by atoms with Gasteiger partial charge in [-0.05, 0) is 25.0 Å². The summed E-state index contributed by atoms with van der Waals surface area (Å²) in [6.45, 7) is 3.79. The third-order valence-corrected chi connectivity index (χ3v) is 2.58. The second-order valence-corrected chi connectivity index (χ2v) is 4.21. The number of nitrogen functional groups attached to an aromatic ring is 1. The number of aromatic nitrogens is 3. The van der Waals surface area contributed by atoms with E-state index >= 15 is 0 Å². The molecule has 7 heteroatoms. The van der Waals surface area contributed by atoms with Crippen LogP contribution in [0.3, 0.4) is 0 Å². The Morgan fingerprint density at radius 1 is 1.15 bits per heavy atom. The first-order valence-corrected chi connectivity index (χ1v) is 6.12. The number of benzene rings is 1. The third kappa shape index (κ3) is 2.81. The monoisotopic (exact) mass is 280 g/mol. The van der Waals surface area contributed by atoms with Crippen LogP contribution in [0.1, 0.15) is 18.9 Å². The van der Waals surface area contributed by atoms with Crippen molar-refractivity contribution < 1.29 is 13.5 Å². The van der Waals surface area contributed by atoms with Gasteiger partial charge in [-0.3, -0.25) is 0 Å². The lowest BCUT2D eigenvalue weighted by atomic mass is 10.1. The number of aryl methyl sites for hydroxylation is 1. The molecule has 1 heterocycles. The minimum Gasteiger partial charge on any atom is -0.463 e. The highest BCUT2D eigenvalue weighted by Gasteiger charge is 2.16. The number of hydrogen-bond acceptors (Lipinski definition) is 5. The lowest BCUT2D eigenvalue weighted by Gasteiger charge is -2.07. The predicted molar refractivity (Wildman–Crippen MR) is 70.1 cm³/mol. The van der Waals surface area contributed by atoms with Crippen molar-refractivity contribution in [1.29, 1.82) is 0 Å². The topological polar surface area (TPSA) is 73.9 Å². The van der Waals surface area contributed by atoms with Crippen molar-refractivity contribution in [1.82, 2.24) is 15.0 Å². The number of halogens is 2. The van der Waals surface area contributed by atoms with Gasteiger partial charge < -0.3 is 10.5 Å². The van der Waals surface area contributed by atoms with Gasteiger partial charge in [-0.2, -0.15) is 15.0 Å². The number of hydrogen-bond donors (Lipinski definition) is 1. The van der Waals surface area contributed by atoms with Crippen LogP contribution in [0, 0.1) is 18.6 Å². The maximum Gasteiger partial charge on any atom is 0.321 e. The predicted octanol–water partition coefficient (Wildman–Crippen LogP) is 2.50. The van der Waals surface area contributed by atoms with Gasteiger partial charge in [0.15, 0.2) is 17.5 Å². The number of ether oxygens (including phenoxy) is 1. The first kappa shape index (κ1) is 14.1. The Morgan fingerprint density at radius 3 is 2.60 bits per heavy atom. The molecule has 0 aliphatic heterocycles. The van der Waals surface area contributed by atoms with Crippen LogP contribution in [0.5, 0.6) is 6.01 Å². The summed E-state index contributed by atoms with van der Waals surface area (Å²) in [5.41, 5.74) is 5.65. The van der Waals surface area contributed by atoms with Crippen LogP contribution in [0.2, 0.25) is 0 Å². The molecule has 106 valence electrons. The van der Waals surface area contributed by atoms with Gasteiger partial charge in [0.2, 0.25) is 5.95 Å². The zero-order valence-corrected chi connectivity index (χ0v) is 11.2. The largest absolute Gasteiger partial charge is 0.463 e. The Morgan fingerprint density at radius 2 is 1.90 bits per heavy atom. The Kier molecular flexibility index (Phi) is 4.07. The van der Waals surface area contributed by atoms with E-state index in [2.05, 4.69) is 15.0 Å². The molecule has 0 fully saturated rings. The van der Waals surface area contributed by atoms with Gasteiger partial charge in [-0.15, -0.1) is 0 Å². The summed E-state index contributed by atoms with van der Waals surface area (Å²) in [5, 5.41) is 0. The second-order valence-electron chi connectivity index (χ2n) is 4.21. The fourth-order valence-corrected chi connectivity index (χ4v) is 1.57.